The molecule has 1 unspecified atom stereocenters. The van der Waals surface area contributed by atoms with Crippen LogP contribution in [0.15, 0.2) is 29.2 Å². The van der Waals surface area contributed by atoms with E-state index in [0.29, 0.717) is 31.9 Å². The molecule has 7 nitrogen and oxygen atoms in total. The second-order valence-corrected chi connectivity index (χ2v) is 10.2. The molecular weight excluding hydrogens is 414 g/mol. The lowest BCUT2D eigenvalue weighted by molar-refractivity contribution is -0.128. The summed E-state index contributed by atoms with van der Waals surface area (Å²) in [4.78, 5) is 26.7. The summed E-state index contributed by atoms with van der Waals surface area (Å²) in [5.41, 5.74) is 0.539. The first-order valence-electron chi connectivity index (χ1n) is 11.5. The molecule has 2 rings (SSSR count). The minimum Gasteiger partial charge on any atom is -0.342 e. The van der Waals surface area contributed by atoms with E-state index in [1.54, 1.807) is 33.5 Å². The average Bonchev–Trinajstić information content (AvgIpc) is 3.13. The third kappa shape index (κ3) is 7.04. The maximum Gasteiger partial charge on any atom is 0.243 e. The number of likely N-dealkylation sites (tertiary alicyclic amines) is 1. The molecule has 0 saturated carbocycles. The number of amides is 2. The second kappa shape index (κ2) is 12.2. The lowest BCUT2D eigenvalue weighted by Crippen LogP contribution is -2.33. The summed E-state index contributed by atoms with van der Waals surface area (Å²) in [6.07, 6.45) is 5.68. The van der Waals surface area contributed by atoms with Gasteiger partial charge < -0.3 is 10.2 Å². The number of sulfonamides is 1. The molecule has 0 bridgehead atoms. The Hall–Kier alpha value is -1.93. The van der Waals surface area contributed by atoms with Crippen molar-refractivity contribution in [2.24, 2.45) is 5.92 Å². The SMILES string of the molecule is CCCCN1CC(C(=O)Nc2ccc(S(=O)(=O)N(CCCC)CCCC)cc2)CC1=O. The molecule has 174 valence electrons. The summed E-state index contributed by atoms with van der Waals surface area (Å²) >= 11 is 0. The Bertz CT molecular complexity index is 816. The number of hydrogen-bond donors (Lipinski definition) is 1. The molecule has 8 heteroatoms. The van der Waals surface area contributed by atoms with Crippen LogP contribution in [0, 0.1) is 5.92 Å². The van der Waals surface area contributed by atoms with E-state index in [0.717, 1.165) is 38.5 Å². The highest BCUT2D eigenvalue weighted by Crippen LogP contribution is 2.23. The largest absolute Gasteiger partial charge is 0.342 e. The fraction of sp³-hybridized carbons (Fsp3) is 0.652. The van der Waals surface area contributed by atoms with Gasteiger partial charge in [-0.25, -0.2) is 8.42 Å². The van der Waals surface area contributed by atoms with Crippen LogP contribution in [0.5, 0.6) is 0 Å². The quantitative estimate of drug-likeness (QED) is 0.493. The van der Waals surface area contributed by atoms with E-state index in [1.165, 1.54) is 0 Å². The minimum absolute atomic E-state index is 0.0225. The van der Waals surface area contributed by atoms with Gasteiger partial charge in [0.1, 0.15) is 0 Å². The Morgan fingerprint density at radius 2 is 1.61 bits per heavy atom. The number of unbranched alkanes of at least 4 members (excludes halogenated alkanes) is 3. The van der Waals surface area contributed by atoms with Gasteiger partial charge in [-0.05, 0) is 43.5 Å². The van der Waals surface area contributed by atoms with Gasteiger partial charge in [0.25, 0.3) is 0 Å². The van der Waals surface area contributed by atoms with Crippen LogP contribution in [0.4, 0.5) is 5.69 Å². The van der Waals surface area contributed by atoms with Gasteiger partial charge >= 0.3 is 0 Å². The summed E-state index contributed by atoms with van der Waals surface area (Å²) in [7, 11) is -3.56. The topological polar surface area (TPSA) is 86.8 Å². The minimum atomic E-state index is -3.56. The van der Waals surface area contributed by atoms with Crippen LogP contribution in [0.3, 0.4) is 0 Å². The van der Waals surface area contributed by atoms with Gasteiger partial charge in [-0.1, -0.05) is 40.0 Å². The summed E-state index contributed by atoms with van der Waals surface area (Å²) in [6, 6.07) is 6.33. The van der Waals surface area contributed by atoms with Crippen molar-refractivity contribution in [2.45, 2.75) is 70.6 Å². The van der Waals surface area contributed by atoms with Crippen LogP contribution in [-0.2, 0) is 19.6 Å². The van der Waals surface area contributed by atoms with Crippen molar-refractivity contribution in [1.82, 2.24) is 9.21 Å². The molecule has 0 spiro atoms. The van der Waals surface area contributed by atoms with Gasteiger partial charge in [0.2, 0.25) is 21.8 Å². The number of carbonyl (C=O) groups is 2. The van der Waals surface area contributed by atoms with E-state index < -0.39 is 10.0 Å². The molecule has 1 heterocycles. The van der Waals surface area contributed by atoms with E-state index in [9.17, 15) is 18.0 Å². The van der Waals surface area contributed by atoms with Crippen LogP contribution in [0.1, 0.15) is 65.7 Å². The normalized spacial score (nSPS) is 16.8. The maximum absolute atomic E-state index is 13.0. The van der Waals surface area contributed by atoms with Gasteiger partial charge in [0, 0.05) is 38.3 Å². The highest BCUT2D eigenvalue weighted by molar-refractivity contribution is 7.89. The van der Waals surface area contributed by atoms with E-state index in [4.69, 9.17) is 0 Å². The first-order valence-corrected chi connectivity index (χ1v) is 13.0. The first kappa shape index (κ1) is 25.3. The van der Waals surface area contributed by atoms with Crippen LogP contribution in [-0.4, -0.2) is 55.6 Å². The molecule has 1 aromatic carbocycles. The molecule has 0 aromatic heterocycles. The molecule has 31 heavy (non-hydrogen) atoms. The molecule has 0 radical (unpaired) electrons. The lowest BCUT2D eigenvalue weighted by atomic mass is 10.1. The van der Waals surface area contributed by atoms with Crippen molar-refractivity contribution >= 4 is 27.5 Å². The van der Waals surface area contributed by atoms with Gasteiger partial charge in [-0.3, -0.25) is 9.59 Å². The fourth-order valence-electron chi connectivity index (χ4n) is 3.64. The Kier molecular flexibility index (Phi) is 9.96. The van der Waals surface area contributed by atoms with Crippen LogP contribution >= 0.6 is 0 Å². The number of rotatable bonds is 13. The van der Waals surface area contributed by atoms with Gasteiger partial charge in [0.05, 0.1) is 10.8 Å². The summed E-state index contributed by atoms with van der Waals surface area (Å²) in [5, 5.41) is 2.83. The standard InChI is InChI=1S/C23H37N3O4S/c1-4-7-14-25-18-19(17-22(25)27)23(28)24-20-10-12-21(13-11-20)31(29,30)26(15-8-5-2)16-9-6-3/h10-13,19H,4-9,14-18H2,1-3H3,(H,24,28). The number of hydrogen-bond acceptors (Lipinski definition) is 4. The summed E-state index contributed by atoms with van der Waals surface area (Å²) in [5.74, 6) is -0.545. The fourth-order valence-corrected chi connectivity index (χ4v) is 5.15. The maximum atomic E-state index is 13.0. The Labute approximate surface area is 187 Å². The predicted molar refractivity (Wildman–Crippen MR) is 123 cm³/mol. The number of carbonyl (C=O) groups excluding carboxylic acids is 2. The molecule has 1 atom stereocenters. The van der Waals surface area contributed by atoms with Crippen molar-refractivity contribution in [3.05, 3.63) is 24.3 Å². The Balaban J connectivity index is 2.02. The average molecular weight is 452 g/mol. The van der Waals surface area contributed by atoms with E-state index in [1.807, 2.05) is 13.8 Å². The zero-order chi connectivity index (χ0) is 22.9. The highest BCUT2D eigenvalue weighted by Gasteiger charge is 2.34. The second-order valence-electron chi connectivity index (χ2n) is 8.22. The zero-order valence-corrected chi connectivity index (χ0v) is 19.9. The van der Waals surface area contributed by atoms with Crippen molar-refractivity contribution in [3.8, 4) is 0 Å². The lowest BCUT2D eigenvalue weighted by Gasteiger charge is -2.22. The van der Waals surface area contributed by atoms with Crippen molar-refractivity contribution in [1.29, 1.82) is 0 Å². The molecule has 1 aliphatic heterocycles. The van der Waals surface area contributed by atoms with E-state index in [-0.39, 0.29) is 29.0 Å². The number of nitrogens with zero attached hydrogens (tertiary/aromatic N) is 2. The van der Waals surface area contributed by atoms with Crippen molar-refractivity contribution < 1.29 is 18.0 Å². The molecule has 1 fully saturated rings. The molecule has 1 N–H and O–H groups in total. The van der Waals surface area contributed by atoms with Crippen LogP contribution < -0.4 is 5.32 Å². The monoisotopic (exact) mass is 451 g/mol. The summed E-state index contributed by atoms with van der Waals surface area (Å²) in [6.45, 7) is 8.33. The molecular formula is C23H37N3O4S. The van der Waals surface area contributed by atoms with Crippen LogP contribution in [0.2, 0.25) is 0 Å². The number of benzene rings is 1. The number of anilines is 1. The third-order valence-corrected chi connectivity index (χ3v) is 7.56. The predicted octanol–water partition coefficient (Wildman–Crippen LogP) is 3.86. The van der Waals surface area contributed by atoms with Gasteiger partial charge in [-0.15, -0.1) is 0 Å². The zero-order valence-electron chi connectivity index (χ0n) is 19.1. The van der Waals surface area contributed by atoms with Crippen molar-refractivity contribution in [2.75, 3.05) is 31.5 Å². The summed E-state index contributed by atoms with van der Waals surface area (Å²) < 4.78 is 27.6. The van der Waals surface area contributed by atoms with Crippen LogP contribution in [0.25, 0.3) is 0 Å². The first-order chi connectivity index (χ1) is 14.8. The number of nitrogens with one attached hydrogen (secondary N) is 1. The Morgan fingerprint density at radius 1 is 1.03 bits per heavy atom. The van der Waals surface area contributed by atoms with E-state index in [2.05, 4.69) is 12.2 Å². The molecule has 1 aromatic rings. The van der Waals surface area contributed by atoms with Gasteiger partial charge in [0.15, 0.2) is 0 Å². The van der Waals surface area contributed by atoms with Gasteiger partial charge in [-0.2, -0.15) is 4.31 Å². The Morgan fingerprint density at radius 3 is 2.16 bits per heavy atom. The molecule has 0 aliphatic carbocycles. The third-order valence-electron chi connectivity index (χ3n) is 5.65. The molecule has 1 aliphatic rings. The van der Waals surface area contributed by atoms with Crippen molar-refractivity contribution in [3.63, 3.8) is 0 Å². The van der Waals surface area contributed by atoms with E-state index >= 15 is 0 Å². The molecule has 1 saturated heterocycles. The smallest absolute Gasteiger partial charge is 0.243 e. The molecule has 2 amide bonds. The highest BCUT2D eigenvalue weighted by atomic mass is 32.2.